The van der Waals surface area contributed by atoms with Crippen molar-refractivity contribution in [3.8, 4) is 0 Å². The van der Waals surface area contributed by atoms with E-state index in [0.717, 1.165) is 16.0 Å². The summed E-state index contributed by atoms with van der Waals surface area (Å²) in [6.45, 7) is 0.497. The van der Waals surface area contributed by atoms with Crippen LogP contribution < -0.4 is 5.32 Å². The van der Waals surface area contributed by atoms with Crippen molar-refractivity contribution < 1.29 is 9.15 Å². The molecule has 1 aromatic carbocycles. The van der Waals surface area contributed by atoms with Gasteiger partial charge in [0.2, 0.25) is 0 Å². The Labute approximate surface area is 115 Å². The molecule has 4 heteroatoms. The number of methoxy groups -OCH3 is 1. The fourth-order valence-electron chi connectivity index (χ4n) is 1.90. The van der Waals surface area contributed by atoms with E-state index in [2.05, 4.69) is 33.4 Å². The zero-order valence-electron chi connectivity index (χ0n) is 10.4. The molecule has 1 unspecified atom stereocenters. The van der Waals surface area contributed by atoms with E-state index >= 15 is 0 Å². The van der Waals surface area contributed by atoms with Crippen LogP contribution in [0, 0.1) is 0 Å². The molecular weight excluding hydrogens is 294 g/mol. The van der Waals surface area contributed by atoms with Crippen LogP contribution in [0.3, 0.4) is 0 Å². The Bertz CT molecular complexity index is 493. The summed E-state index contributed by atoms with van der Waals surface area (Å²) in [4.78, 5) is 0. The number of nitrogens with one attached hydrogen (secondary N) is 1. The van der Waals surface area contributed by atoms with Crippen molar-refractivity contribution in [2.24, 2.45) is 0 Å². The fraction of sp³-hybridized carbons (Fsp3) is 0.286. The maximum atomic E-state index is 5.76. The lowest BCUT2D eigenvalue weighted by molar-refractivity contribution is 0.162. The average molecular weight is 310 g/mol. The van der Waals surface area contributed by atoms with Crippen LogP contribution in [0.2, 0.25) is 0 Å². The first-order valence-corrected chi connectivity index (χ1v) is 6.54. The molecule has 0 spiro atoms. The van der Waals surface area contributed by atoms with E-state index in [1.54, 1.807) is 7.11 Å². The summed E-state index contributed by atoms with van der Waals surface area (Å²) < 4.78 is 11.9. The van der Waals surface area contributed by atoms with Crippen LogP contribution in [0.1, 0.15) is 23.1 Å². The molecule has 1 aromatic heterocycles. The van der Waals surface area contributed by atoms with E-state index in [-0.39, 0.29) is 6.04 Å². The molecule has 0 aliphatic heterocycles. The summed E-state index contributed by atoms with van der Waals surface area (Å²) in [7, 11) is 3.58. The minimum absolute atomic E-state index is 0.0590. The molecule has 2 rings (SSSR count). The molecule has 18 heavy (non-hydrogen) atoms. The molecule has 1 atom stereocenters. The number of hydrogen-bond donors (Lipinski definition) is 1. The molecule has 1 N–H and O–H groups in total. The van der Waals surface area contributed by atoms with Gasteiger partial charge in [-0.15, -0.1) is 0 Å². The van der Waals surface area contributed by atoms with Crippen molar-refractivity contribution in [1.29, 1.82) is 0 Å². The monoisotopic (exact) mass is 309 g/mol. The molecule has 0 aliphatic carbocycles. The molecule has 0 aliphatic rings. The van der Waals surface area contributed by atoms with Crippen molar-refractivity contribution >= 4 is 15.9 Å². The molecule has 0 amide bonds. The average Bonchev–Trinajstić information content (AvgIpc) is 2.82. The quantitative estimate of drug-likeness (QED) is 0.918. The first-order chi connectivity index (χ1) is 8.74. The number of benzene rings is 1. The largest absolute Gasteiger partial charge is 0.462 e. The lowest BCUT2D eigenvalue weighted by Gasteiger charge is -2.14. The molecule has 1 heterocycles. The first-order valence-electron chi connectivity index (χ1n) is 5.75. The smallest absolute Gasteiger partial charge is 0.129 e. The highest BCUT2D eigenvalue weighted by Gasteiger charge is 2.15. The highest BCUT2D eigenvalue weighted by atomic mass is 79.9. The van der Waals surface area contributed by atoms with Crippen molar-refractivity contribution in [3.63, 3.8) is 0 Å². The minimum Gasteiger partial charge on any atom is -0.462 e. The standard InChI is InChI=1S/C14H16BrNO2/c1-16-14(10-3-5-11(15)6-4-10)13-8-7-12(18-13)9-17-2/h3-8,14,16H,9H2,1-2H3. The Balaban J connectivity index is 2.24. The van der Waals surface area contributed by atoms with E-state index in [9.17, 15) is 0 Å². The van der Waals surface area contributed by atoms with Crippen molar-refractivity contribution in [3.05, 3.63) is 58.0 Å². The molecule has 0 bridgehead atoms. The number of ether oxygens (including phenoxy) is 1. The first kappa shape index (κ1) is 13.3. The van der Waals surface area contributed by atoms with Crippen LogP contribution >= 0.6 is 15.9 Å². The summed E-state index contributed by atoms with van der Waals surface area (Å²) in [5.74, 6) is 1.73. The zero-order valence-corrected chi connectivity index (χ0v) is 12.0. The summed E-state index contributed by atoms with van der Waals surface area (Å²) >= 11 is 3.44. The Hall–Kier alpha value is -1.10. The second-order valence-electron chi connectivity index (χ2n) is 4.01. The van der Waals surface area contributed by atoms with Gasteiger partial charge in [-0.1, -0.05) is 28.1 Å². The van der Waals surface area contributed by atoms with E-state index in [0.29, 0.717) is 6.61 Å². The van der Waals surface area contributed by atoms with Gasteiger partial charge in [0.1, 0.15) is 18.1 Å². The van der Waals surface area contributed by atoms with Gasteiger partial charge in [-0.25, -0.2) is 0 Å². The highest BCUT2D eigenvalue weighted by Crippen LogP contribution is 2.25. The molecule has 3 nitrogen and oxygen atoms in total. The lowest BCUT2D eigenvalue weighted by Crippen LogP contribution is -2.16. The van der Waals surface area contributed by atoms with E-state index in [4.69, 9.17) is 9.15 Å². The second kappa shape index (κ2) is 6.18. The summed E-state index contributed by atoms with van der Waals surface area (Å²) in [5, 5.41) is 3.26. The van der Waals surface area contributed by atoms with Gasteiger partial charge in [-0.2, -0.15) is 0 Å². The van der Waals surface area contributed by atoms with Crippen LogP contribution in [-0.2, 0) is 11.3 Å². The predicted octanol–water partition coefficient (Wildman–Crippen LogP) is 3.50. The van der Waals surface area contributed by atoms with Crippen LogP contribution in [-0.4, -0.2) is 14.2 Å². The summed E-state index contributed by atoms with van der Waals surface area (Å²) in [6, 6.07) is 12.2. The summed E-state index contributed by atoms with van der Waals surface area (Å²) in [6.07, 6.45) is 0. The van der Waals surface area contributed by atoms with Gasteiger partial charge in [0.25, 0.3) is 0 Å². The lowest BCUT2D eigenvalue weighted by atomic mass is 10.1. The molecule has 0 saturated carbocycles. The topological polar surface area (TPSA) is 34.4 Å². The number of halogens is 1. The normalized spacial score (nSPS) is 12.6. The maximum absolute atomic E-state index is 5.76. The Morgan fingerprint density at radius 3 is 2.56 bits per heavy atom. The summed E-state index contributed by atoms with van der Waals surface area (Å²) in [5.41, 5.74) is 1.17. The third kappa shape index (κ3) is 3.02. The van der Waals surface area contributed by atoms with E-state index < -0.39 is 0 Å². The Kier molecular flexibility index (Phi) is 4.58. The second-order valence-corrected chi connectivity index (χ2v) is 4.93. The fourth-order valence-corrected chi connectivity index (χ4v) is 2.16. The third-order valence-electron chi connectivity index (χ3n) is 2.75. The van der Waals surface area contributed by atoms with Crippen molar-refractivity contribution in [2.45, 2.75) is 12.6 Å². The highest BCUT2D eigenvalue weighted by molar-refractivity contribution is 9.10. The zero-order chi connectivity index (χ0) is 13.0. The molecule has 0 radical (unpaired) electrons. The Morgan fingerprint density at radius 1 is 1.22 bits per heavy atom. The molecular formula is C14H16BrNO2. The van der Waals surface area contributed by atoms with Crippen LogP contribution in [0.4, 0.5) is 0 Å². The number of furan rings is 1. The van der Waals surface area contributed by atoms with Gasteiger partial charge in [-0.3, -0.25) is 0 Å². The van der Waals surface area contributed by atoms with Crippen LogP contribution in [0.25, 0.3) is 0 Å². The van der Waals surface area contributed by atoms with Gasteiger partial charge in [0.15, 0.2) is 0 Å². The maximum Gasteiger partial charge on any atom is 0.129 e. The van der Waals surface area contributed by atoms with Crippen molar-refractivity contribution in [1.82, 2.24) is 5.32 Å². The van der Waals surface area contributed by atoms with Gasteiger partial charge in [0.05, 0.1) is 6.04 Å². The van der Waals surface area contributed by atoms with Crippen LogP contribution in [0.15, 0.2) is 45.3 Å². The molecule has 96 valence electrons. The van der Waals surface area contributed by atoms with E-state index in [1.807, 2.05) is 31.3 Å². The van der Waals surface area contributed by atoms with Gasteiger partial charge >= 0.3 is 0 Å². The van der Waals surface area contributed by atoms with Crippen LogP contribution in [0.5, 0.6) is 0 Å². The minimum atomic E-state index is 0.0590. The molecule has 0 saturated heterocycles. The SMILES string of the molecule is CNC(c1ccc(Br)cc1)c1ccc(COC)o1. The molecule has 0 fully saturated rings. The molecule has 2 aromatic rings. The van der Waals surface area contributed by atoms with Gasteiger partial charge in [-0.05, 0) is 36.9 Å². The van der Waals surface area contributed by atoms with Crippen molar-refractivity contribution in [2.75, 3.05) is 14.2 Å². The third-order valence-corrected chi connectivity index (χ3v) is 3.27. The predicted molar refractivity (Wildman–Crippen MR) is 74.5 cm³/mol. The number of hydrogen-bond acceptors (Lipinski definition) is 3. The van der Waals surface area contributed by atoms with Gasteiger partial charge in [0, 0.05) is 11.6 Å². The van der Waals surface area contributed by atoms with Gasteiger partial charge < -0.3 is 14.5 Å². The number of rotatable bonds is 5. The Morgan fingerprint density at radius 2 is 1.94 bits per heavy atom. The van der Waals surface area contributed by atoms with E-state index in [1.165, 1.54) is 5.56 Å².